The van der Waals surface area contributed by atoms with E-state index in [0.29, 0.717) is 12.5 Å². The molecule has 1 saturated heterocycles. The van der Waals surface area contributed by atoms with E-state index in [-0.39, 0.29) is 16.5 Å². The highest BCUT2D eigenvalue weighted by Gasteiger charge is 2.23. The number of nitro groups is 1. The number of anilines is 1. The normalized spacial score (nSPS) is 17.5. The molecular formula is C18H22N4O3. The van der Waals surface area contributed by atoms with Crippen LogP contribution in [-0.4, -0.2) is 35.4 Å². The maximum atomic E-state index is 11.2. The Hall–Kier alpha value is -2.70. The number of piperidine rings is 1. The maximum absolute atomic E-state index is 11.2. The Morgan fingerprint density at radius 2 is 2.24 bits per heavy atom. The summed E-state index contributed by atoms with van der Waals surface area (Å²) in [6.07, 6.45) is 2.10. The van der Waals surface area contributed by atoms with E-state index in [2.05, 4.69) is 15.2 Å². The zero-order valence-electron chi connectivity index (χ0n) is 14.5. The van der Waals surface area contributed by atoms with Gasteiger partial charge in [-0.25, -0.2) is 0 Å². The van der Waals surface area contributed by atoms with Crippen molar-refractivity contribution in [2.45, 2.75) is 26.7 Å². The van der Waals surface area contributed by atoms with Crippen molar-refractivity contribution in [1.82, 2.24) is 10.3 Å². The van der Waals surface area contributed by atoms with Crippen molar-refractivity contribution in [1.29, 1.82) is 0 Å². The van der Waals surface area contributed by atoms with Gasteiger partial charge >= 0.3 is 0 Å². The Balaban J connectivity index is 1.94. The van der Waals surface area contributed by atoms with Gasteiger partial charge in [-0.05, 0) is 37.8 Å². The van der Waals surface area contributed by atoms with E-state index < -0.39 is 0 Å². The molecule has 1 aromatic heterocycles. The molecule has 0 saturated carbocycles. The lowest BCUT2D eigenvalue weighted by Crippen LogP contribution is -2.40. The molecule has 7 heteroatoms. The van der Waals surface area contributed by atoms with Crippen molar-refractivity contribution in [3.05, 3.63) is 40.1 Å². The van der Waals surface area contributed by atoms with E-state index in [9.17, 15) is 14.9 Å². The number of hydrogen-bond acceptors (Lipinski definition) is 5. The van der Waals surface area contributed by atoms with Crippen molar-refractivity contribution in [3.63, 3.8) is 0 Å². The molecule has 1 aromatic carbocycles. The van der Waals surface area contributed by atoms with Crippen LogP contribution in [0.4, 0.5) is 11.4 Å². The molecule has 0 radical (unpaired) electrons. The van der Waals surface area contributed by atoms with Gasteiger partial charge in [-0.3, -0.25) is 19.9 Å². The number of carbonyl (C=O) groups is 1. The second-order valence-corrected chi connectivity index (χ2v) is 6.63. The highest BCUT2D eigenvalue weighted by atomic mass is 16.6. The summed E-state index contributed by atoms with van der Waals surface area (Å²) in [4.78, 5) is 28.7. The van der Waals surface area contributed by atoms with E-state index in [1.165, 1.54) is 13.0 Å². The van der Waals surface area contributed by atoms with Crippen LogP contribution < -0.4 is 10.2 Å². The minimum absolute atomic E-state index is 0.0158. The Kier molecular flexibility index (Phi) is 4.83. The molecule has 1 aliphatic heterocycles. The Labute approximate surface area is 146 Å². The maximum Gasteiger partial charge on any atom is 0.270 e. The number of benzene rings is 1. The van der Waals surface area contributed by atoms with E-state index in [1.54, 1.807) is 12.1 Å². The van der Waals surface area contributed by atoms with Crippen molar-refractivity contribution < 1.29 is 9.72 Å². The van der Waals surface area contributed by atoms with Gasteiger partial charge in [0.05, 0.1) is 10.4 Å². The Morgan fingerprint density at radius 1 is 1.44 bits per heavy atom. The topological polar surface area (TPSA) is 88.4 Å². The number of rotatable bonds is 4. The molecule has 1 unspecified atom stereocenters. The van der Waals surface area contributed by atoms with Crippen LogP contribution in [0.3, 0.4) is 0 Å². The van der Waals surface area contributed by atoms with Gasteiger partial charge in [0.15, 0.2) is 0 Å². The van der Waals surface area contributed by atoms with E-state index in [1.807, 2.05) is 13.0 Å². The molecule has 1 fully saturated rings. The first kappa shape index (κ1) is 17.1. The summed E-state index contributed by atoms with van der Waals surface area (Å²) < 4.78 is 0. The first-order chi connectivity index (χ1) is 11.9. The fourth-order valence-electron chi connectivity index (χ4n) is 3.44. The van der Waals surface area contributed by atoms with Crippen molar-refractivity contribution in [2.24, 2.45) is 5.92 Å². The number of pyridine rings is 1. The number of fused-ring (bicyclic) bond motifs is 1. The average molecular weight is 342 g/mol. The summed E-state index contributed by atoms with van der Waals surface area (Å²) in [6.45, 7) is 5.84. The van der Waals surface area contributed by atoms with Crippen LogP contribution in [0.25, 0.3) is 10.9 Å². The molecule has 0 spiro atoms. The highest BCUT2D eigenvalue weighted by molar-refractivity contribution is 5.93. The summed E-state index contributed by atoms with van der Waals surface area (Å²) in [6, 6.07) is 6.80. The summed E-state index contributed by atoms with van der Waals surface area (Å²) >= 11 is 0. The van der Waals surface area contributed by atoms with Gasteiger partial charge in [-0.2, -0.15) is 0 Å². The zero-order valence-corrected chi connectivity index (χ0v) is 14.5. The molecule has 1 amide bonds. The van der Waals surface area contributed by atoms with Gasteiger partial charge < -0.3 is 10.2 Å². The van der Waals surface area contributed by atoms with Crippen LogP contribution >= 0.6 is 0 Å². The van der Waals surface area contributed by atoms with Gasteiger partial charge in [0.1, 0.15) is 0 Å². The number of hydrogen-bond donors (Lipinski definition) is 1. The fraction of sp³-hybridized carbons (Fsp3) is 0.444. The zero-order chi connectivity index (χ0) is 18.0. The van der Waals surface area contributed by atoms with Crippen LogP contribution in [0.2, 0.25) is 0 Å². The van der Waals surface area contributed by atoms with Gasteiger partial charge in [-0.1, -0.05) is 0 Å². The molecule has 0 aliphatic carbocycles. The average Bonchev–Trinajstić information content (AvgIpc) is 2.59. The SMILES string of the molecule is CC(=O)NCC1CCCN(c2cc(C)nc3ccc([N+](=O)[O-])cc23)C1. The number of amides is 1. The molecule has 2 aromatic rings. The first-order valence-corrected chi connectivity index (χ1v) is 8.49. The van der Waals surface area contributed by atoms with Crippen LogP contribution in [0.5, 0.6) is 0 Å². The third-order valence-electron chi connectivity index (χ3n) is 4.61. The third-order valence-corrected chi connectivity index (χ3v) is 4.61. The summed E-state index contributed by atoms with van der Waals surface area (Å²) in [7, 11) is 0. The second-order valence-electron chi connectivity index (χ2n) is 6.63. The molecule has 1 N–H and O–H groups in total. The molecule has 132 valence electrons. The number of carbonyl (C=O) groups excluding carboxylic acids is 1. The van der Waals surface area contributed by atoms with Crippen LogP contribution in [0.15, 0.2) is 24.3 Å². The minimum Gasteiger partial charge on any atom is -0.371 e. The van der Waals surface area contributed by atoms with Crippen LogP contribution in [0.1, 0.15) is 25.5 Å². The number of nitrogens with zero attached hydrogens (tertiary/aromatic N) is 3. The largest absolute Gasteiger partial charge is 0.371 e. The van der Waals surface area contributed by atoms with Crippen molar-refractivity contribution in [3.8, 4) is 0 Å². The Morgan fingerprint density at radius 3 is 2.96 bits per heavy atom. The first-order valence-electron chi connectivity index (χ1n) is 8.49. The molecule has 0 bridgehead atoms. The monoisotopic (exact) mass is 342 g/mol. The van der Waals surface area contributed by atoms with Crippen molar-refractivity contribution >= 4 is 28.2 Å². The minimum atomic E-state index is -0.376. The summed E-state index contributed by atoms with van der Waals surface area (Å²) in [5.41, 5.74) is 2.72. The predicted molar refractivity (Wildman–Crippen MR) is 96.8 cm³/mol. The number of nitrogens with one attached hydrogen (secondary N) is 1. The van der Waals surface area contributed by atoms with Crippen molar-refractivity contribution in [2.75, 3.05) is 24.5 Å². The molecule has 7 nitrogen and oxygen atoms in total. The van der Waals surface area contributed by atoms with Gasteiger partial charge in [-0.15, -0.1) is 0 Å². The van der Waals surface area contributed by atoms with E-state index in [4.69, 9.17) is 0 Å². The molecule has 1 aliphatic rings. The lowest BCUT2D eigenvalue weighted by molar-refractivity contribution is -0.384. The smallest absolute Gasteiger partial charge is 0.270 e. The second kappa shape index (κ2) is 7.04. The number of nitro benzene ring substituents is 1. The van der Waals surface area contributed by atoms with E-state index in [0.717, 1.165) is 48.2 Å². The lowest BCUT2D eigenvalue weighted by atomic mass is 9.96. The summed E-state index contributed by atoms with van der Waals surface area (Å²) in [5.74, 6) is 0.359. The van der Waals surface area contributed by atoms with Gasteiger partial charge in [0.2, 0.25) is 5.91 Å². The van der Waals surface area contributed by atoms with E-state index >= 15 is 0 Å². The van der Waals surface area contributed by atoms with Crippen LogP contribution in [0, 0.1) is 23.0 Å². The third kappa shape index (κ3) is 3.87. The highest BCUT2D eigenvalue weighted by Crippen LogP contribution is 2.32. The van der Waals surface area contributed by atoms with Crippen LogP contribution in [-0.2, 0) is 4.79 Å². The van der Waals surface area contributed by atoms with Gasteiger partial charge in [0.25, 0.3) is 5.69 Å². The lowest BCUT2D eigenvalue weighted by Gasteiger charge is -2.35. The molecule has 3 rings (SSSR count). The van der Waals surface area contributed by atoms with Gasteiger partial charge in [0, 0.05) is 55.5 Å². The molecular weight excluding hydrogens is 320 g/mol. The molecule has 2 heterocycles. The molecule has 1 atom stereocenters. The molecule has 25 heavy (non-hydrogen) atoms. The number of aryl methyl sites for hydroxylation is 1. The fourth-order valence-corrected chi connectivity index (χ4v) is 3.44. The quantitative estimate of drug-likeness (QED) is 0.682. The summed E-state index contributed by atoms with van der Waals surface area (Å²) in [5, 5.41) is 14.8. The Bertz CT molecular complexity index is 821. The predicted octanol–water partition coefficient (Wildman–Crippen LogP) is 2.80. The standard InChI is InChI=1S/C18H22N4O3/c1-12-8-18(16-9-15(22(24)25)5-6-17(16)20-12)21-7-3-4-14(11-21)10-19-13(2)23/h5-6,8-9,14H,3-4,7,10-11H2,1-2H3,(H,19,23). The number of non-ortho nitro benzene ring substituents is 1. The number of aromatic nitrogens is 1.